The number of aromatic amines is 1. The van der Waals surface area contributed by atoms with Gasteiger partial charge in [-0.2, -0.15) is 0 Å². The number of nitrogens with zero attached hydrogens (tertiary/aromatic N) is 2. The lowest BCUT2D eigenvalue weighted by molar-refractivity contribution is 0.457. The van der Waals surface area contributed by atoms with Crippen LogP contribution in [0.15, 0.2) is 47.6 Å². The van der Waals surface area contributed by atoms with E-state index in [4.69, 9.17) is 0 Å². The van der Waals surface area contributed by atoms with Gasteiger partial charge in [0.25, 0.3) is 0 Å². The van der Waals surface area contributed by atoms with Gasteiger partial charge in [0.2, 0.25) is 0 Å². The molecule has 0 saturated carbocycles. The summed E-state index contributed by atoms with van der Waals surface area (Å²) in [6, 6.07) is 11.7. The molecule has 0 aliphatic rings. The Bertz CT molecular complexity index is 760. The summed E-state index contributed by atoms with van der Waals surface area (Å²) in [7, 11) is 0. The van der Waals surface area contributed by atoms with Crippen LogP contribution in [0.25, 0.3) is 10.9 Å². The van der Waals surface area contributed by atoms with E-state index in [1.54, 1.807) is 12.4 Å². The Balaban J connectivity index is 1.90. The fourth-order valence-electron chi connectivity index (χ4n) is 2.17. The number of nitrogens with one attached hydrogen (secondary N) is 1. The smallest absolute Gasteiger partial charge is 0.198 e. The number of benzene rings is 1. The Labute approximate surface area is 116 Å². The maximum atomic E-state index is 9.96. The zero-order valence-corrected chi connectivity index (χ0v) is 11.2. The number of hydrogen-bond donors (Lipinski definition) is 2. The van der Waals surface area contributed by atoms with Crippen molar-refractivity contribution in [1.82, 2.24) is 9.97 Å². The maximum Gasteiger partial charge on any atom is 0.198 e. The molecule has 0 fully saturated rings. The number of hydrogen-bond acceptors (Lipinski definition) is 3. The molecular weight excluding hydrogens is 250 g/mol. The van der Waals surface area contributed by atoms with Crippen LogP contribution in [-0.4, -0.2) is 21.3 Å². The van der Waals surface area contributed by atoms with Crippen molar-refractivity contribution in [3.63, 3.8) is 0 Å². The van der Waals surface area contributed by atoms with Crippen LogP contribution in [-0.2, 0) is 6.54 Å². The molecule has 20 heavy (non-hydrogen) atoms. The average Bonchev–Trinajstić information content (AvgIpc) is 2.76. The van der Waals surface area contributed by atoms with E-state index >= 15 is 0 Å². The zero-order chi connectivity index (χ0) is 13.9. The van der Waals surface area contributed by atoms with Gasteiger partial charge in [-0.15, -0.1) is 0 Å². The molecular formula is C16H15N3O. The first-order chi connectivity index (χ1) is 9.74. The molecule has 2 N–H and O–H groups in total. The van der Waals surface area contributed by atoms with Crippen molar-refractivity contribution in [2.45, 2.75) is 13.5 Å². The summed E-state index contributed by atoms with van der Waals surface area (Å²) in [4.78, 5) is 11.5. The van der Waals surface area contributed by atoms with Gasteiger partial charge in [-0.25, -0.2) is 0 Å². The van der Waals surface area contributed by atoms with Gasteiger partial charge in [-0.05, 0) is 31.2 Å². The molecule has 0 saturated heterocycles. The number of rotatable bonds is 3. The number of aliphatic imine (C=N–C) groups is 1. The molecule has 2 aromatic heterocycles. The van der Waals surface area contributed by atoms with Gasteiger partial charge in [0.15, 0.2) is 5.88 Å². The monoisotopic (exact) mass is 265 g/mol. The maximum absolute atomic E-state index is 9.96. The van der Waals surface area contributed by atoms with E-state index in [1.165, 1.54) is 0 Å². The lowest BCUT2D eigenvalue weighted by Gasteiger charge is -1.96. The predicted octanol–water partition coefficient (Wildman–Crippen LogP) is 3.20. The number of fused-ring (bicyclic) bond motifs is 1. The lowest BCUT2D eigenvalue weighted by atomic mass is 10.1. The van der Waals surface area contributed by atoms with Gasteiger partial charge in [-0.1, -0.05) is 17.7 Å². The molecule has 0 spiro atoms. The largest absolute Gasteiger partial charge is 0.494 e. The van der Waals surface area contributed by atoms with Crippen molar-refractivity contribution in [3.05, 3.63) is 59.4 Å². The highest BCUT2D eigenvalue weighted by Crippen LogP contribution is 2.26. The molecule has 4 heteroatoms. The number of aromatic hydroxyl groups is 1. The van der Waals surface area contributed by atoms with E-state index in [0.717, 1.165) is 27.7 Å². The minimum atomic E-state index is 0.148. The summed E-state index contributed by atoms with van der Waals surface area (Å²) < 4.78 is 0. The zero-order valence-electron chi connectivity index (χ0n) is 11.2. The summed E-state index contributed by atoms with van der Waals surface area (Å²) >= 11 is 0. The molecule has 0 bridgehead atoms. The van der Waals surface area contributed by atoms with Crippen LogP contribution in [0.2, 0.25) is 0 Å². The molecule has 4 nitrogen and oxygen atoms in total. The third-order valence-electron chi connectivity index (χ3n) is 3.17. The Morgan fingerprint density at radius 2 is 2.20 bits per heavy atom. The first-order valence-corrected chi connectivity index (χ1v) is 6.45. The molecule has 1 aromatic carbocycles. The molecule has 2 heterocycles. The van der Waals surface area contributed by atoms with Crippen LogP contribution >= 0.6 is 0 Å². The van der Waals surface area contributed by atoms with Gasteiger partial charge in [0, 0.05) is 23.3 Å². The van der Waals surface area contributed by atoms with Crippen LogP contribution in [0.1, 0.15) is 16.8 Å². The summed E-state index contributed by atoms with van der Waals surface area (Å²) in [5.41, 5.74) is 3.68. The van der Waals surface area contributed by atoms with E-state index in [9.17, 15) is 5.11 Å². The van der Waals surface area contributed by atoms with Crippen molar-refractivity contribution >= 4 is 17.1 Å². The molecule has 0 aliphatic heterocycles. The van der Waals surface area contributed by atoms with Crippen LogP contribution in [0.4, 0.5) is 0 Å². The first-order valence-electron chi connectivity index (χ1n) is 6.45. The van der Waals surface area contributed by atoms with Crippen LogP contribution in [0.5, 0.6) is 5.88 Å². The average molecular weight is 265 g/mol. The molecule has 0 unspecified atom stereocenters. The third kappa shape index (κ3) is 2.40. The topological polar surface area (TPSA) is 61.3 Å². The Morgan fingerprint density at radius 3 is 3.00 bits per heavy atom. The van der Waals surface area contributed by atoms with E-state index in [2.05, 4.69) is 15.0 Å². The van der Waals surface area contributed by atoms with Gasteiger partial charge < -0.3 is 10.1 Å². The molecule has 0 aliphatic carbocycles. The Kier molecular flexibility index (Phi) is 3.21. The molecule has 0 radical (unpaired) electrons. The van der Waals surface area contributed by atoms with Crippen molar-refractivity contribution in [1.29, 1.82) is 0 Å². The van der Waals surface area contributed by atoms with Crippen molar-refractivity contribution in [2.24, 2.45) is 4.99 Å². The minimum absolute atomic E-state index is 0.148. The van der Waals surface area contributed by atoms with Crippen molar-refractivity contribution < 1.29 is 5.11 Å². The molecule has 100 valence electrons. The highest BCUT2D eigenvalue weighted by atomic mass is 16.3. The Hall–Kier alpha value is -2.62. The summed E-state index contributed by atoms with van der Waals surface area (Å²) in [6.07, 6.45) is 3.44. The fourth-order valence-corrected chi connectivity index (χ4v) is 2.17. The lowest BCUT2D eigenvalue weighted by Crippen LogP contribution is -1.87. The van der Waals surface area contributed by atoms with Crippen molar-refractivity contribution in [3.8, 4) is 5.88 Å². The second-order valence-electron chi connectivity index (χ2n) is 4.73. The summed E-state index contributed by atoms with van der Waals surface area (Å²) in [6.45, 7) is 2.52. The third-order valence-corrected chi connectivity index (χ3v) is 3.17. The van der Waals surface area contributed by atoms with Gasteiger partial charge in [0.1, 0.15) is 0 Å². The molecule has 3 rings (SSSR count). The van der Waals surface area contributed by atoms with Crippen LogP contribution < -0.4 is 0 Å². The first kappa shape index (κ1) is 12.4. The summed E-state index contributed by atoms with van der Waals surface area (Å²) in [5, 5.41) is 10.9. The normalized spacial score (nSPS) is 11.4. The number of H-pyrrole nitrogens is 1. The molecule has 0 amide bonds. The predicted molar refractivity (Wildman–Crippen MR) is 80.2 cm³/mol. The van der Waals surface area contributed by atoms with E-state index in [-0.39, 0.29) is 5.88 Å². The van der Waals surface area contributed by atoms with E-state index in [1.807, 2.05) is 43.3 Å². The van der Waals surface area contributed by atoms with E-state index in [0.29, 0.717) is 6.54 Å². The second-order valence-corrected chi connectivity index (χ2v) is 4.73. The minimum Gasteiger partial charge on any atom is -0.494 e. The van der Waals surface area contributed by atoms with Gasteiger partial charge >= 0.3 is 0 Å². The standard InChI is InChI=1S/C16H15N3O/c1-11-5-6-15-13(8-11)14(16(20)19-15)10-17-9-12-4-2-3-7-18-12/h2-8,10,19-20H,9H2,1H3. The second kappa shape index (κ2) is 5.17. The SMILES string of the molecule is Cc1ccc2[nH]c(O)c(C=NCc3ccccn3)c2c1. The van der Waals surface area contributed by atoms with Crippen molar-refractivity contribution in [2.75, 3.05) is 0 Å². The highest BCUT2D eigenvalue weighted by molar-refractivity contribution is 6.02. The molecule has 0 atom stereocenters. The number of aryl methyl sites for hydroxylation is 1. The van der Waals surface area contributed by atoms with Crippen LogP contribution in [0, 0.1) is 6.92 Å². The van der Waals surface area contributed by atoms with E-state index < -0.39 is 0 Å². The van der Waals surface area contributed by atoms with Gasteiger partial charge in [0.05, 0.1) is 17.8 Å². The Morgan fingerprint density at radius 1 is 1.30 bits per heavy atom. The summed E-state index contributed by atoms with van der Waals surface area (Å²) in [5.74, 6) is 0.148. The highest BCUT2D eigenvalue weighted by Gasteiger charge is 2.08. The van der Waals surface area contributed by atoms with Gasteiger partial charge in [-0.3, -0.25) is 9.98 Å². The van der Waals surface area contributed by atoms with Crippen LogP contribution in [0.3, 0.4) is 0 Å². The molecule has 3 aromatic rings. The quantitative estimate of drug-likeness (QED) is 0.714. The fraction of sp³-hybridized carbons (Fsp3) is 0.125. The number of pyridine rings is 1. The number of aromatic nitrogens is 2.